The second kappa shape index (κ2) is 6.61. The van der Waals surface area contributed by atoms with Crippen molar-refractivity contribution in [3.05, 3.63) is 23.8 Å². The molecule has 5 nitrogen and oxygen atoms in total. The molecule has 0 radical (unpaired) electrons. The summed E-state index contributed by atoms with van der Waals surface area (Å²) in [6.45, 7) is 5.47. The van der Waals surface area contributed by atoms with Crippen LogP contribution < -0.4 is 10.5 Å². The number of carbonyl (C=O) groups is 1. The van der Waals surface area contributed by atoms with E-state index < -0.39 is 0 Å². The molecule has 2 N–H and O–H groups in total. The first kappa shape index (κ1) is 14.7. The minimum atomic E-state index is 0.171. The predicted molar refractivity (Wildman–Crippen MR) is 79.6 cm³/mol. The van der Waals surface area contributed by atoms with Crippen molar-refractivity contribution >= 4 is 11.6 Å². The molecular formula is C15H23N3O2. The molecule has 1 fully saturated rings. The van der Waals surface area contributed by atoms with Crippen LogP contribution in [0.2, 0.25) is 0 Å². The summed E-state index contributed by atoms with van der Waals surface area (Å²) in [5, 5.41) is 0. The summed E-state index contributed by atoms with van der Waals surface area (Å²) in [6, 6.07) is 5.68. The van der Waals surface area contributed by atoms with Crippen molar-refractivity contribution in [1.82, 2.24) is 9.80 Å². The van der Waals surface area contributed by atoms with Crippen molar-refractivity contribution in [3.63, 3.8) is 0 Å². The molecule has 0 atom stereocenters. The van der Waals surface area contributed by atoms with Gasteiger partial charge in [0.05, 0.1) is 13.2 Å². The number of nitrogens with two attached hydrogens (primary N) is 1. The summed E-state index contributed by atoms with van der Waals surface area (Å²) in [5.41, 5.74) is 7.63. The molecule has 0 spiro atoms. The van der Waals surface area contributed by atoms with Crippen LogP contribution in [0.4, 0.5) is 5.69 Å². The van der Waals surface area contributed by atoms with Crippen LogP contribution in [0, 0.1) is 0 Å². The van der Waals surface area contributed by atoms with Gasteiger partial charge in [-0.3, -0.25) is 9.69 Å². The van der Waals surface area contributed by atoms with Crippen LogP contribution >= 0.6 is 0 Å². The minimum absolute atomic E-state index is 0.171. The van der Waals surface area contributed by atoms with Gasteiger partial charge in [0, 0.05) is 37.9 Å². The lowest BCUT2D eigenvalue weighted by atomic mass is 10.1. The van der Waals surface area contributed by atoms with Gasteiger partial charge in [0.2, 0.25) is 5.91 Å². The highest BCUT2D eigenvalue weighted by Gasteiger charge is 2.20. The van der Waals surface area contributed by atoms with Gasteiger partial charge in [-0.25, -0.2) is 0 Å². The third-order valence-electron chi connectivity index (χ3n) is 3.53. The fourth-order valence-corrected chi connectivity index (χ4v) is 2.44. The lowest BCUT2D eigenvalue weighted by Gasteiger charge is -2.21. The number of hydrogen-bond donors (Lipinski definition) is 1. The first-order chi connectivity index (χ1) is 9.60. The molecule has 1 heterocycles. The predicted octanol–water partition coefficient (Wildman–Crippen LogP) is 1.33. The van der Waals surface area contributed by atoms with E-state index in [9.17, 15) is 4.79 Å². The topological polar surface area (TPSA) is 58.8 Å². The average Bonchev–Trinajstić information content (AvgIpc) is 2.55. The Balaban J connectivity index is 2.12. The summed E-state index contributed by atoms with van der Waals surface area (Å²) in [5.74, 6) is 1.02. The third-order valence-corrected chi connectivity index (χ3v) is 3.53. The van der Waals surface area contributed by atoms with Crippen molar-refractivity contribution in [2.24, 2.45) is 0 Å². The number of nitrogens with zero attached hydrogens (tertiary/aromatic N) is 2. The summed E-state index contributed by atoms with van der Waals surface area (Å²) in [4.78, 5) is 15.9. The van der Waals surface area contributed by atoms with Crippen LogP contribution in [-0.4, -0.2) is 49.0 Å². The van der Waals surface area contributed by atoms with Crippen LogP contribution in [0.3, 0.4) is 0 Å². The Morgan fingerprint density at radius 1 is 1.35 bits per heavy atom. The first-order valence-corrected chi connectivity index (χ1v) is 7.07. The maximum Gasteiger partial charge on any atom is 0.236 e. The van der Waals surface area contributed by atoms with Crippen LogP contribution in [-0.2, 0) is 11.3 Å². The number of nitrogen functional groups attached to an aromatic ring is 1. The lowest BCUT2D eigenvalue weighted by molar-refractivity contribution is -0.130. The van der Waals surface area contributed by atoms with Crippen LogP contribution in [0.15, 0.2) is 18.2 Å². The van der Waals surface area contributed by atoms with Crippen molar-refractivity contribution in [1.29, 1.82) is 0 Å². The standard InChI is InChI=1S/C15H23N3O2/c1-3-20-14-6-5-13(16)9-12(14)10-18-8-4-7-17(2)15(19)11-18/h5-6,9H,3-4,7-8,10-11,16H2,1-2H3. The quantitative estimate of drug-likeness (QED) is 0.844. The molecule has 1 aliphatic rings. The first-order valence-electron chi connectivity index (χ1n) is 7.07. The Labute approximate surface area is 120 Å². The van der Waals surface area contributed by atoms with Gasteiger partial charge < -0.3 is 15.4 Å². The monoisotopic (exact) mass is 277 g/mol. The smallest absolute Gasteiger partial charge is 0.236 e. The van der Waals surface area contributed by atoms with Crippen molar-refractivity contribution in [2.45, 2.75) is 19.9 Å². The molecule has 1 aromatic carbocycles. The van der Waals surface area contributed by atoms with E-state index in [1.807, 2.05) is 32.2 Å². The summed E-state index contributed by atoms with van der Waals surface area (Å²) < 4.78 is 5.64. The molecule has 0 aliphatic carbocycles. The lowest BCUT2D eigenvalue weighted by Crippen LogP contribution is -2.34. The van der Waals surface area contributed by atoms with E-state index in [0.29, 0.717) is 19.7 Å². The zero-order chi connectivity index (χ0) is 14.5. The van der Waals surface area contributed by atoms with Crippen molar-refractivity contribution < 1.29 is 9.53 Å². The van der Waals surface area contributed by atoms with E-state index in [1.165, 1.54) is 0 Å². The maximum atomic E-state index is 11.9. The number of carbonyl (C=O) groups excluding carboxylic acids is 1. The SMILES string of the molecule is CCOc1ccc(N)cc1CN1CCCN(C)C(=O)C1. The maximum absolute atomic E-state index is 11.9. The summed E-state index contributed by atoms with van der Waals surface area (Å²) >= 11 is 0. The number of amides is 1. The summed E-state index contributed by atoms with van der Waals surface area (Å²) in [6.07, 6.45) is 0.995. The second-order valence-corrected chi connectivity index (χ2v) is 5.18. The van der Waals surface area contributed by atoms with E-state index in [-0.39, 0.29) is 5.91 Å². The largest absolute Gasteiger partial charge is 0.494 e. The van der Waals surface area contributed by atoms with Crippen molar-refractivity contribution in [3.8, 4) is 5.75 Å². The molecule has 1 saturated heterocycles. The highest BCUT2D eigenvalue weighted by atomic mass is 16.5. The van der Waals surface area contributed by atoms with E-state index in [1.54, 1.807) is 4.90 Å². The van der Waals surface area contributed by atoms with E-state index in [2.05, 4.69) is 4.90 Å². The number of anilines is 1. The number of likely N-dealkylation sites (N-methyl/N-ethyl adjacent to an activating group) is 1. The highest BCUT2D eigenvalue weighted by molar-refractivity contribution is 5.78. The van der Waals surface area contributed by atoms with E-state index in [4.69, 9.17) is 10.5 Å². The van der Waals surface area contributed by atoms with Gasteiger partial charge >= 0.3 is 0 Å². The van der Waals surface area contributed by atoms with Gasteiger partial charge in [-0.2, -0.15) is 0 Å². The molecule has 5 heteroatoms. The molecule has 1 aromatic rings. The molecule has 110 valence electrons. The van der Waals surface area contributed by atoms with Crippen LogP contribution in [0.25, 0.3) is 0 Å². The Morgan fingerprint density at radius 2 is 2.15 bits per heavy atom. The summed E-state index contributed by atoms with van der Waals surface area (Å²) in [7, 11) is 1.86. The number of hydrogen-bond acceptors (Lipinski definition) is 4. The number of ether oxygens (including phenoxy) is 1. The molecule has 0 bridgehead atoms. The van der Waals surface area contributed by atoms with Crippen molar-refractivity contribution in [2.75, 3.05) is 39.0 Å². The fourth-order valence-electron chi connectivity index (χ4n) is 2.44. The molecule has 1 aliphatic heterocycles. The average molecular weight is 277 g/mol. The molecule has 0 unspecified atom stereocenters. The Bertz CT molecular complexity index is 476. The number of benzene rings is 1. The van der Waals surface area contributed by atoms with Gasteiger partial charge in [-0.1, -0.05) is 0 Å². The van der Waals surface area contributed by atoms with Gasteiger partial charge in [0.25, 0.3) is 0 Å². The fraction of sp³-hybridized carbons (Fsp3) is 0.533. The molecule has 2 rings (SSSR count). The molecular weight excluding hydrogens is 254 g/mol. The van der Waals surface area contributed by atoms with Crippen LogP contribution in [0.1, 0.15) is 18.9 Å². The third kappa shape index (κ3) is 3.63. The van der Waals surface area contributed by atoms with Gasteiger partial charge in [-0.15, -0.1) is 0 Å². The Hall–Kier alpha value is -1.75. The van der Waals surface area contributed by atoms with Gasteiger partial charge in [0.1, 0.15) is 5.75 Å². The van der Waals surface area contributed by atoms with Crippen LogP contribution in [0.5, 0.6) is 5.75 Å². The Morgan fingerprint density at radius 3 is 2.90 bits per heavy atom. The zero-order valence-electron chi connectivity index (χ0n) is 12.3. The Kier molecular flexibility index (Phi) is 4.84. The number of rotatable bonds is 4. The minimum Gasteiger partial charge on any atom is -0.494 e. The highest BCUT2D eigenvalue weighted by Crippen LogP contribution is 2.23. The van der Waals surface area contributed by atoms with E-state index in [0.717, 1.165) is 36.5 Å². The molecule has 0 saturated carbocycles. The van der Waals surface area contributed by atoms with E-state index >= 15 is 0 Å². The zero-order valence-corrected chi connectivity index (χ0v) is 12.3. The van der Waals surface area contributed by atoms with Gasteiger partial charge in [0.15, 0.2) is 0 Å². The van der Waals surface area contributed by atoms with Gasteiger partial charge in [-0.05, 0) is 31.5 Å². The second-order valence-electron chi connectivity index (χ2n) is 5.18. The molecule has 0 aromatic heterocycles. The molecule has 20 heavy (non-hydrogen) atoms. The molecule has 1 amide bonds. The normalized spacial score (nSPS) is 17.1.